The van der Waals surface area contributed by atoms with Gasteiger partial charge in [0.2, 0.25) is 11.5 Å². The molecular weight excluding hydrogens is 435 g/mol. The number of anilines is 1. The summed E-state index contributed by atoms with van der Waals surface area (Å²) in [5.41, 5.74) is -0.211. The van der Waals surface area contributed by atoms with Crippen molar-refractivity contribution in [3.05, 3.63) is 29.5 Å². The molecule has 0 saturated heterocycles. The smallest absolute Gasteiger partial charge is 0.410 e. The third-order valence-electron chi connectivity index (χ3n) is 4.91. The number of Topliss-reactive ketones (excluding diaryl/α,β-unsaturated/α-hetero) is 1. The van der Waals surface area contributed by atoms with Crippen LogP contribution >= 0.6 is 0 Å². The summed E-state index contributed by atoms with van der Waals surface area (Å²) in [5, 5.41) is 6.60. The summed E-state index contributed by atoms with van der Waals surface area (Å²) in [4.78, 5) is 24.9. The molecule has 0 unspecified atom stereocenters. The van der Waals surface area contributed by atoms with E-state index in [0.717, 1.165) is 4.68 Å². The molecule has 0 spiro atoms. The Balaban J connectivity index is 1.75. The molecule has 0 bridgehead atoms. The SMILES string of the molecule is COc1cc(C(=O)COC(=O)c2cc3n(n2)[C@@H](C(F)(F)F)C[C@H](C)N3)cc(OC)c1OC. The van der Waals surface area contributed by atoms with Gasteiger partial charge >= 0.3 is 12.1 Å². The minimum atomic E-state index is -4.53. The molecule has 1 aromatic heterocycles. The number of esters is 1. The molecule has 2 heterocycles. The van der Waals surface area contributed by atoms with E-state index < -0.39 is 36.6 Å². The predicted molar refractivity (Wildman–Crippen MR) is 106 cm³/mol. The van der Waals surface area contributed by atoms with Crippen molar-refractivity contribution < 1.29 is 41.7 Å². The van der Waals surface area contributed by atoms with E-state index in [1.54, 1.807) is 6.92 Å². The van der Waals surface area contributed by atoms with E-state index in [9.17, 15) is 22.8 Å². The average molecular weight is 457 g/mol. The second kappa shape index (κ2) is 8.97. The zero-order valence-corrected chi connectivity index (χ0v) is 17.8. The molecule has 0 fully saturated rings. The van der Waals surface area contributed by atoms with Gasteiger partial charge in [0.05, 0.1) is 21.3 Å². The Labute approximate surface area is 181 Å². The number of halogens is 3. The Hall–Kier alpha value is -3.44. The molecule has 2 atom stereocenters. The van der Waals surface area contributed by atoms with Crippen LogP contribution in [0.4, 0.5) is 19.0 Å². The summed E-state index contributed by atoms with van der Waals surface area (Å²) in [6.07, 6.45) is -4.76. The van der Waals surface area contributed by atoms with Crippen LogP contribution in [0.25, 0.3) is 0 Å². The van der Waals surface area contributed by atoms with E-state index in [4.69, 9.17) is 18.9 Å². The third kappa shape index (κ3) is 4.58. The lowest BCUT2D eigenvalue weighted by Crippen LogP contribution is -2.37. The van der Waals surface area contributed by atoms with Gasteiger partial charge in [-0.25, -0.2) is 9.48 Å². The third-order valence-corrected chi connectivity index (χ3v) is 4.91. The van der Waals surface area contributed by atoms with Crippen LogP contribution in [-0.2, 0) is 4.74 Å². The molecule has 2 aromatic rings. The zero-order chi connectivity index (χ0) is 23.6. The van der Waals surface area contributed by atoms with Crippen LogP contribution < -0.4 is 19.5 Å². The quantitative estimate of drug-likeness (QED) is 0.500. The first-order valence-corrected chi connectivity index (χ1v) is 9.52. The molecule has 0 amide bonds. The Morgan fingerprint density at radius 3 is 2.28 bits per heavy atom. The number of carbonyl (C=O) groups excluding carboxylic acids is 2. The molecule has 12 heteroatoms. The largest absolute Gasteiger partial charge is 0.493 e. The fraction of sp³-hybridized carbons (Fsp3) is 0.450. The van der Waals surface area contributed by atoms with E-state index >= 15 is 0 Å². The fourth-order valence-corrected chi connectivity index (χ4v) is 3.39. The molecular formula is C20H22F3N3O6. The van der Waals surface area contributed by atoms with Crippen LogP contribution in [0.1, 0.15) is 40.2 Å². The van der Waals surface area contributed by atoms with Gasteiger partial charge in [0.1, 0.15) is 5.82 Å². The van der Waals surface area contributed by atoms with Crippen LogP contribution in [0.5, 0.6) is 17.2 Å². The summed E-state index contributed by atoms with van der Waals surface area (Å²) >= 11 is 0. The summed E-state index contributed by atoms with van der Waals surface area (Å²) in [6.45, 7) is 0.940. The highest BCUT2D eigenvalue weighted by atomic mass is 19.4. The van der Waals surface area contributed by atoms with E-state index in [1.165, 1.54) is 39.5 Å². The average Bonchev–Trinajstić information content (AvgIpc) is 3.18. The lowest BCUT2D eigenvalue weighted by molar-refractivity contribution is -0.173. The molecule has 1 aromatic carbocycles. The Morgan fingerprint density at radius 1 is 1.12 bits per heavy atom. The molecule has 32 heavy (non-hydrogen) atoms. The minimum absolute atomic E-state index is 0.0500. The van der Waals surface area contributed by atoms with Crippen LogP contribution in [0.15, 0.2) is 18.2 Å². The van der Waals surface area contributed by atoms with Crippen molar-refractivity contribution >= 4 is 17.6 Å². The van der Waals surface area contributed by atoms with Gasteiger partial charge in [0, 0.05) is 17.7 Å². The molecule has 3 rings (SSSR count). The monoisotopic (exact) mass is 457 g/mol. The van der Waals surface area contributed by atoms with Crippen molar-refractivity contribution in [1.29, 1.82) is 0 Å². The Kier molecular flexibility index (Phi) is 6.51. The number of fused-ring (bicyclic) bond motifs is 1. The van der Waals surface area contributed by atoms with Gasteiger partial charge in [-0.05, 0) is 25.5 Å². The first-order valence-electron chi connectivity index (χ1n) is 9.52. The van der Waals surface area contributed by atoms with Crippen LogP contribution in [0.3, 0.4) is 0 Å². The van der Waals surface area contributed by atoms with E-state index in [1.807, 2.05) is 0 Å². The highest BCUT2D eigenvalue weighted by molar-refractivity contribution is 6.00. The number of nitrogens with one attached hydrogen (secondary N) is 1. The van der Waals surface area contributed by atoms with Crippen molar-refractivity contribution in [1.82, 2.24) is 9.78 Å². The zero-order valence-electron chi connectivity index (χ0n) is 17.8. The molecule has 1 aliphatic heterocycles. The Morgan fingerprint density at radius 2 is 1.75 bits per heavy atom. The van der Waals surface area contributed by atoms with Crippen molar-refractivity contribution in [2.75, 3.05) is 33.3 Å². The first-order chi connectivity index (χ1) is 15.1. The molecule has 9 nitrogen and oxygen atoms in total. The lowest BCUT2D eigenvalue weighted by atomic mass is 10.1. The number of aromatic nitrogens is 2. The number of ether oxygens (including phenoxy) is 4. The van der Waals surface area contributed by atoms with Gasteiger partial charge < -0.3 is 24.3 Å². The maximum atomic E-state index is 13.3. The van der Waals surface area contributed by atoms with E-state index in [-0.39, 0.29) is 40.7 Å². The minimum Gasteiger partial charge on any atom is -0.493 e. The maximum Gasteiger partial charge on any atom is 0.410 e. The van der Waals surface area contributed by atoms with Crippen LogP contribution in [0.2, 0.25) is 0 Å². The number of benzene rings is 1. The van der Waals surface area contributed by atoms with E-state index in [2.05, 4.69) is 10.4 Å². The normalized spacial score (nSPS) is 17.7. The van der Waals surface area contributed by atoms with Crippen molar-refractivity contribution in [3.8, 4) is 17.2 Å². The number of alkyl halides is 3. The number of ketones is 1. The summed E-state index contributed by atoms with van der Waals surface area (Å²) in [7, 11) is 4.18. The standard InChI is InChI=1S/C20H22F3N3O6/c1-10-5-16(20(21,22)23)26-17(24-10)8-12(25-26)19(28)32-9-13(27)11-6-14(29-2)18(31-4)15(7-11)30-3/h6-8,10,16,24H,5,9H2,1-4H3/t10-,16+/m0/s1. The number of carbonyl (C=O) groups is 2. The van der Waals surface area contributed by atoms with Gasteiger partial charge in [0.15, 0.2) is 29.8 Å². The number of nitrogens with zero attached hydrogens (tertiary/aromatic N) is 2. The van der Waals surface area contributed by atoms with Crippen LogP contribution in [-0.4, -0.2) is 61.7 Å². The van der Waals surface area contributed by atoms with Crippen molar-refractivity contribution in [3.63, 3.8) is 0 Å². The highest BCUT2D eigenvalue weighted by Crippen LogP contribution is 2.40. The maximum absolute atomic E-state index is 13.3. The first kappa shape index (κ1) is 23.2. The van der Waals surface area contributed by atoms with Gasteiger partial charge in [-0.2, -0.15) is 18.3 Å². The lowest BCUT2D eigenvalue weighted by Gasteiger charge is -2.31. The second-order valence-electron chi connectivity index (χ2n) is 7.11. The van der Waals surface area contributed by atoms with Gasteiger partial charge in [-0.1, -0.05) is 0 Å². The van der Waals surface area contributed by atoms with E-state index in [0.29, 0.717) is 0 Å². The topological polar surface area (TPSA) is 101 Å². The number of rotatable bonds is 7. The Bertz CT molecular complexity index is 995. The molecule has 1 aliphatic rings. The van der Waals surface area contributed by atoms with Crippen LogP contribution in [0, 0.1) is 0 Å². The van der Waals surface area contributed by atoms with Gasteiger partial charge in [-0.15, -0.1) is 0 Å². The summed E-state index contributed by atoms with van der Waals surface area (Å²) < 4.78 is 61.3. The second-order valence-corrected chi connectivity index (χ2v) is 7.11. The molecule has 0 saturated carbocycles. The summed E-state index contributed by atoms with van der Waals surface area (Å²) in [5.74, 6) is -0.796. The predicted octanol–water partition coefficient (Wildman–Crippen LogP) is 3.26. The number of hydrogen-bond donors (Lipinski definition) is 1. The molecule has 1 N–H and O–H groups in total. The van der Waals surface area contributed by atoms with Gasteiger partial charge in [-0.3, -0.25) is 4.79 Å². The number of methoxy groups -OCH3 is 3. The highest BCUT2D eigenvalue weighted by Gasteiger charge is 2.45. The molecule has 0 aliphatic carbocycles. The fourth-order valence-electron chi connectivity index (χ4n) is 3.39. The van der Waals surface area contributed by atoms with Crippen molar-refractivity contribution in [2.24, 2.45) is 0 Å². The molecule has 174 valence electrons. The number of hydrogen-bond acceptors (Lipinski definition) is 8. The van der Waals surface area contributed by atoms with Crippen molar-refractivity contribution in [2.45, 2.75) is 31.6 Å². The summed E-state index contributed by atoms with van der Waals surface area (Å²) in [6, 6.07) is 1.63. The molecule has 0 radical (unpaired) electrons. The van der Waals surface area contributed by atoms with Gasteiger partial charge in [0.25, 0.3) is 0 Å².